The van der Waals surface area contributed by atoms with Crippen molar-refractivity contribution < 1.29 is 0 Å². The van der Waals surface area contributed by atoms with E-state index >= 15 is 0 Å². The van der Waals surface area contributed by atoms with Gasteiger partial charge in [-0.1, -0.05) is 0 Å². The molecular formula is C23H15NSe. The van der Waals surface area contributed by atoms with Gasteiger partial charge in [-0.2, -0.15) is 0 Å². The molecule has 1 nitrogen and oxygen atoms in total. The molecule has 3 aromatic carbocycles. The summed E-state index contributed by atoms with van der Waals surface area (Å²) in [6.07, 6.45) is 0. The summed E-state index contributed by atoms with van der Waals surface area (Å²) in [5.41, 5.74) is 5.77. The summed E-state index contributed by atoms with van der Waals surface area (Å²) in [4.78, 5) is 0. The second kappa shape index (κ2) is 6.95. The zero-order valence-corrected chi connectivity index (χ0v) is 15.2. The summed E-state index contributed by atoms with van der Waals surface area (Å²) < 4.78 is 2.77. The van der Waals surface area contributed by atoms with Crippen molar-refractivity contribution in [3.63, 3.8) is 0 Å². The molecular weight excluding hydrogens is 369 g/mol. The molecule has 118 valence electrons. The first-order chi connectivity index (χ1) is 12.3. The van der Waals surface area contributed by atoms with Gasteiger partial charge in [0.1, 0.15) is 0 Å². The van der Waals surface area contributed by atoms with Gasteiger partial charge in [0, 0.05) is 0 Å². The molecule has 0 aliphatic heterocycles. The minimum atomic E-state index is 0.237. The molecule has 1 heterocycles. The van der Waals surface area contributed by atoms with Crippen LogP contribution in [0.1, 0.15) is 5.56 Å². The van der Waals surface area contributed by atoms with Crippen molar-refractivity contribution >= 4 is 14.5 Å². The van der Waals surface area contributed by atoms with E-state index in [4.69, 9.17) is 5.26 Å². The molecule has 4 aromatic rings. The van der Waals surface area contributed by atoms with E-state index in [1.807, 2.05) is 12.1 Å². The molecule has 0 unspecified atom stereocenters. The second-order valence-electron chi connectivity index (χ2n) is 5.77. The van der Waals surface area contributed by atoms with Gasteiger partial charge in [-0.3, -0.25) is 0 Å². The number of hydrogen-bond acceptors (Lipinski definition) is 1. The summed E-state index contributed by atoms with van der Waals surface area (Å²) in [5, 5.41) is 9.01. The number of benzene rings is 3. The van der Waals surface area contributed by atoms with E-state index in [9.17, 15) is 0 Å². The van der Waals surface area contributed by atoms with Gasteiger partial charge < -0.3 is 0 Å². The fourth-order valence-electron chi connectivity index (χ4n) is 2.88. The Morgan fingerprint density at radius 3 is 1.84 bits per heavy atom. The average Bonchev–Trinajstić information content (AvgIpc) is 3.15. The van der Waals surface area contributed by atoms with Crippen LogP contribution in [0.4, 0.5) is 0 Å². The van der Waals surface area contributed by atoms with Gasteiger partial charge in [-0.25, -0.2) is 0 Å². The first-order valence-corrected chi connectivity index (χ1v) is 9.82. The van der Waals surface area contributed by atoms with Crippen LogP contribution >= 0.6 is 0 Å². The molecule has 25 heavy (non-hydrogen) atoms. The van der Waals surface area contributed by atoms with Gasteiger partial charge in [0.05, 0.1) is 0 Å². The Hall–Kier alpha value is -2.85. The second-order valence-corrected chi connectivity index (χ2v) is 7.98. The molecule has 0 aliphatic carbocycles. The van der Waals surface area contributed by atoms with Crippen LogP contribution in [0.15, 0.2) is 91.0 Å². The van der Waals surface area contributed by atoms with Gasteiger partial charge >= 0.3 is 154 Å². The van der Waals surface area contributed by atoms with Gasteiger partial charge in [-0.05, 0) is 0 Å². The van der Waals surface area contributed by atoms with Crippen LogP contribution < -0.4 is 0 Å². The maximum atomic E-state index is 9.01. The van der Waals surface area contributed by atoms with Gasteiger partial charge in [0.25, 0.3) is 0 Å². The Morgan fingerprint density at radius 1 is 0.640 bits per heavy atom. The maximum absolute atomic E-state index is 9.01. The number of nitrogens with zero attached hydrogens (tertiary/aromatic N) is 1. The summed E-state index contributed by atoms with van der Waals surface area (Å²) in [7, 11) is 0. The van der Waals surface area contributed by atoms with Crippen molar-refractivity contribution in [1.29, 1.82) is 5.26 Å². The van der Waals surface area contributed by atoms with E-state index in [1.165, 1.54) is 31.1 Å². The molecule has 2 heteroatoms. The van der Waals surface area contributed by atoms with Gasteiger partial charge in [0.15, 0.2) is 0 Å². The van der Waals surface area contributed by atoms with Crippen LogP contribution in [0, 0.1) is 11.3 Å². The average molecular weight is 384 g/mol. The van der Waals surface area contributed by atoms with Crippen LogP contribution in [0.3, 0.4) is 0 Å². The molecule has 4 rings (SSSR count). The van der Waals surface area contributed by atoms with Crippen LogP contribution in [0.2, 0.25) is 0 Å². The van der Waals surface area contributed by atoms with Crippen molar-refractivity contribution in [1.82, 2.24) is 0 Å². The van der Waals surface area contributed by atoms with E-state index < -0.39 is 0 Å². The summed E-state index contributed by atoms with van der Waals surface area (Å²) in [5.74, 6) is 0. The number of nitriles is 1. The molecule has 0 saturated carbocycles. The predicted octanol–water partition coefficient (Wildman–Crippen LogP) is 5.62. The Kier molecular flexibility index (Phi) is 4.35. The van der Waals surface area contributed by atoms with Crippen LogP contribution in [-0.4, -0.2) is 14.5 Å². The van der Waals surface area contributed by atoms with Crippen molar-refractivity contribution in [3.8, 4) is 37.2 Å². The molecule has 0 N–H and O–H groups in total. The SMILES string of the molecule is N#Cc1ccc(-c2cc(-c3ccccc3)c(-c3ccccc3)[se]2)cc1. The summed E-state index contributed by atoms with van der Waals surface area (Å²) in [6.45, 7) is 0. The Labute approximate surface area is 153 Å². The zero-order chi connectivity index (χ0) is 17.1. The molecule has 1 aromatic heterocycles. The van der Waals surface area contributed by atoms with Crippen LogP contribution in [0.5, 0.6) is 0 Å². The topological polar surface area (TPSA) is 23.8 Å². The fraction of sp³-hybridized carbons (Fsp3) is 0. The van der Waals surface area contributed by atoms with Crippen molar-refractivity contribution in [2.75, 3.05) is 0 Å². The number of hydrogen-bond donors (Lipinski definition) is 0. The van der Waals surface area contributed by atoms with E-state index in [0.29, 0.717) is 5.56 Å². The summed E-state index contributed by atoms with van der Waals surface area (Å²) in [6, 6.07) is 33.6. The zero-order valence-electron chi connectivity index (χ0n) is 13.5. The summed E-state index contributed by atoms with van der Waals surface area (Å²) >= 11 is 0.237. The molecule has 0 aliphatic rings. The fourth-order valence-corrected chi connectivity index (χ4v) is 5.38. The van der Waals surface area contributed by atoms with Gasteiger partial charge in [-0.15, -0.1) is 0 Å². The first kappa shape index (κ1) is 15.7. The number of rotatable bonds is 3. The molecule has 0 radical (unpaired) electrons. The van der Waals surface area contributed by atoms with Crippen molar-refractivity contribution in [2.24, 2.45) is 0 Å². The first-order valence-electron chi connectivity index (χ1n) is 8.10. The normalized spacial score (nSPS) is 10.4. The van der Waals surface area contributed by atoms with E-state index in [2.05, 4.69) is 84.9 Å². The monoisotopic (exact) mass is 385 g/mol. The molecule has 0 saturated heterocycles. The molecule has 0 spiro atoms. The van der Waals surface area contributed by atoms with E-state index in [-0.39, 0.29) is 14.5 Å². The third kappa shape index (κ3) is 3.21. The quantitative estimate of drug-likeness (QED) is 0.421. The standard InChI is InChI=1S/C23H15NSe/c24-16-17-11-13-19(14-12-17)22-15-21(18-7-3-1-4-8-18)23(25-22)20-9-5-2-6-10-20/h1-15H. The molecule has 0 fully saturated rings. The minimum absolute atomic E-state index is 0.237. The molecule has 0 amide bonds. The predicted molar refractivity (Wildman–Crippen MR) is 104 cm³/mol. The Balaban J connectivity index is 1.87. The van der Waals surface area contributed by atoms with Gasteiger partial charge in [0.2, 0.25) is 0 Å². The Bertz CT molecular complexity index is 966. The molecule has 0 bridgehead atoms. The van der Waals surface area contributed by atoms with Crippen LogP contribution in [0.25, 0.3) is 31.1 Å². The van der Waals surface area contributed by atoms with Crippen LogP contribution in [-0.2, 0) is 0 Å². The van der Waals surface area contributed by atoms with E-state index in [1.54, 1.807) is 0 Å². The molecule has 0 atom stereocenters. The Morgan fingerprint density at radius 2 is 1.24 bits per heavy atom. The third-order valence-electron chi connectivity index (χ3n) is 4.15. The van der Waals surface area contributed by atoms with Crippen molar-refractivity contribution in [2.45, 2.75) is 0 Å². The van der Waals surface area contributed by atoms with Crippen molar-refractivity contribution in [3.05, 3.63) is 96.6 Å². The van der Waals surface area contributed by atoms with E-state index in [0.717, 1.165) is 0 Å². The third-order valence-corrected chi connectivity index (χ3v) is 6.74.